The number of benzene rings is 1. The van der Waals surface area contributed by atoms with Crippen molar-refractivity contribution in [2.24, 2.45) is 4.99 Å². The molecular weight excluding hydrogens is 292 g/mol. The third-order valence-corrected chi connectivity index (χ3v) is 4.31. The summed E-state index contributed by atoms with van der Waals surface area (Å²) in [4.78, 5) is 4.16. The molecule has 9 heteroatoms. The maximum Gasteiger partial charge on any atom is 0.264 e. The molecule has 0 bridgehead atoms. The Kier molecular flexibility index (Phi) is 3.61. The van der Waals surface area contributed by atoms with Gasteiger partial charge in [0.2, 0.25) is 0 Å². The highest BCUT2D eigenvalue weighted by Crippen LogP contribution is 2.21. The Morgan fingerprint density at radius 3 is 2.68 bits per heavy atom. The van der Waals surface area contributed by atoms with Crippen molar-refractivity contribution in [3.63, 3.8) is 0 Å². The predicted molar refractivity (Wildman–Crippen MR) is 69.0 cm³/mol. The standard InChI is InChI=1S/C10H12N2O5S2/c1-18(13,14)17-7-6-11-10-8-4-2-3-5-9(8)19(15,16)12-10/h2-5H,6-7H2,1H3,(H,11,12). The topological polar surface area (TPSA) is 102 Å². The summed E-state index contributed by atoms with van der Waals surface area (Å²) in [6.07, 6.45) is 0.938. The van der Waals surface area contributed by atoms with Gasteiger partial charge < -0.3 is 0 Å². The minimum atomic E-state index is -3.56. The number of hydrogen-bond acceptors (Lipinski definition) is 6. The van der Waals surface area contributed by atoms with Gasteiger partial charge in [-0.05, 0) is 12.1 Å². The highest BCUT2D eigenvalue weighted by molar-refractivity contribution is 7.90. The summed E-state index contributed by atoms with van der Waals surface area (Å²) in [5.74, 6) is 0.202. The normalized spacial score (nSPS) is 19.1. The van der Waals surface area contributed by atoms with Crippen LogP contribution in [0, 0.1) is 0 Å². The van der Waals surface area contributed by atoms with E-state index in [2.05, 4.69) is 13.9 Å². The van der Waals surface area contributed by atoms with Gasteiger partial charge >= 0.3 is 0 Å². The zero-order valence-corrected chi connectivity index (χ0v) is 11.7. The van der Waals surface area contributed by atoms with Crippen molar-refractivity contribution in [2.45, 2.75) is 4.90 Å². The van der Waals surface area contributed by atoms with Crippen LogP contribution in [0.4, 0.5) is 0 Å². The first kappa shape index (κ1) is 14.0. The molecule has 1 aliphatic rings. The van der Waals surface area contributed by atoms with E-state index in [9.17, 15) is 16.8 Å². The summed E-state index contributed by atoms with van der Waals surface area (Å²) >= 11 is 0. The van der Waals surface area contributed by atoms with Crippen LogP contribution in [-0.2, 0) is 24.3 Å². The largest absolute Gasteiger partial charge is 0.268 e. The van der Waals surface area contributed by atoms with Crippen LogP contribution in [0.2, 0.25) is 0 Å². The number of sulfonamides is 1. The van der Waals surface area contributed by atoms with Crippen molar-refractivity contribution in [3.05, 3.63) is 29.8 Å². The van der Waals surface area contributed by atoms with Crippen LogP contribution in [0.5, 0.6) is 0 Å². The van der Waals surface area contributed by atoms with Gasteiger partial charge in [0.05, 0.1) is 24.3 Å². The lowest BCUT2D eigenvalue weighted by molar-refractivity contribution is 0.332. The quantitative estimate of drug-likeness (QED) is 0.608. The summed E-state index contributed by atoms with van der Waals surface area (Å²) in [7, 11) is -7.07. The molecule has 1 aromatic rings. The minimum absolute atomic E-state index is 0.0409. The third kappa shape index (κ3) is 3.31. The molecule has 1 N–H and O–H groups in total. The van der Waals surface area contributed by atoms with E-state index in [1.807, 2.05) is 0 Å². The van der Waals surface area contributed by atoms with Crippen molar-refractivity contribution >= 4 is 26.0 Å². The van der Waals surface area contributed by atoms with Crippen LogP contribution in [0.3, 0.4) is 0 Å². The van der Waals surface area contributed by atoms with Crippen molar-refractivity contribution in [2.75, 3.05) is 19.4 Å². The highest BCUT2D eigenvalue weighted by Gasteiger charge is 2.29. The molecule has 1 aromatic carbocycles. The lowest BCUT2D eigenvalue weighted by Gasteiger charge is -2.00. The maximum atomic E-state index is 11.7. The minimum Gasteiger partial charge on any atom is -0.268 e. The zero-order valence-electron chi connectivity index (χ0n) is 10.0. The van der Waals surface area contributed by atoms with E-state index in [1.54, 1.807) is 18.2 Å². The summed E-state index contributed by atoms with van der Waals surface area (Å²) in [5.41, 5.74) is 0.474. The molecule has 0 aliphatic carbocycles. The van der Waals surface area contributed by atoms with Crippen LogP contribution >= 0.6 is 0 Å². The van der Waals surface area contributed by atoms with Crippen LogP contribution in [0.15, 0.2) is 34.2 Å². The van der Waals surface area contributed by atoms with E-state index in [4.69, 9.17) is 0 Å². The van der Waals surface area contributed by atoms with Crippen LogP contribution in [0.1, 0.15) is 5.56 Å². The molecule has 1 heterocycles. The number of rotatable bonds is 4. The molecule has 0 saturated heterocycles. The maximum absolute atomic E-state index is 11.7. The molecule has 0 saturated carbocycles. The summed E-state index contributed by atoms with van der Waals surface area (Å²) in [5, 5.41) is 0. The molecule has 1 aliphatic heterocycles. The number of hydrogen-bond donors (Lipinski definition) is 1. The summed E-state index contributed by atoms with van der Waals surface area (Å²) in [6.45, 7) is -0.0918. The molecule has 0 amide bonds. The Labute approximate surface area is 111 Å². The van der Waals surface area contributed by atoms with Gasteiger partial charge in [-0.2, -0.15) is 8.42 Å². The monoisotopic (exact) mass is 304 g/mol. The fourth-order valence-electron chi connectivity index (χ4n) is 1.60. The molecule has 0 fully saturated rings. The average Bonchev–Trinajstić information content (AvgIpc) is 2.57. The smallest absolute Gasteiger partial charge is 0.264 e. The molecule has 0 radical (unpaired) electrons. The molecule has 0 aromatic heterocycles. The van der Waals surface area contributed by atoms with E-state index in [0.717, 1.165) is 6.26 Å². The van der Waals surface area contributed by atoms with Crippen LogP contribution in [-0.4, -0.2) is 42.1 Å². The Morgan fingerprint density at radius 1 is 1.32 bits per heavy atom. The van der Waals surface area contributed by atoms with Gasteiger partial charge in [0.15, 0.2) is 0 Å². The van der Waals surface area contributed by atoms with Gasteiger partial charge in [-0.3, -0.25) is 13.9 Å². The predicted octanol–water partition coefficient (Wildman–Crippen LogP) is -0.299. The first-order valence-corrected chi connectivity index (χ1v) is 8.61. The Bertz CT molecular complexity index is 722. The number of amidine groups is 1. The molecule has 7 nitrogen and oxygen atoms in total. The van der Waals surface area contributed by atoms with Gasteiger partial charge in [-0.25, -0.2) is 8.42 Å². The van der Waals surface area contributed by atoms with E-state index < -0.39 is 20.1 Å². The molecule has 104 valence electrons. The molecule has 2 rings (SSSR count). The number of nitrogens with one attached hydrogen (secondary N) is 1. The van der Waals surface area contributed by atoms with Crippen molar-refractivity contribution < 1.29 is 21.0 Å². The van der Waals surface area contributed by atoms with Crippen molar-refractivity contribution in [3.8, 4) is 0 Å². The number of fused-ring (bicyclic) bond motifs is 1. The van der Waals surface area contributed by atoms with E-state index >= 15 is 0 Å². The second-order valence-electron chi connectivity index (χ2n) is 3.86. The fourth-order valence-corrected chi connectivity index (χ4v) is 3.23. The van der Waals surface area contributed by atoms with E-state index in [1.165, 1.54) is 6.07 Å². The van der Waals surface area contributed by atoms with E-state index in [-0.39, 0.29) is 23.9 Å². The summed E-state index contributed by atoms with van der Waals surface area (Å²) in [6, 6.07) is 6.42. The average molecular weight is 304 g/mol. The Morgan fingerprint density at radius 2 is 2.00 bits per heavy atom. The van der Waals surface area contributed by atoms with Gasteiger partial charge in [-0.15, -0.1) is 0 Å². The molecule has 0 atom stereocenters. The number of aliphatic imine (C=N–C) groups is 1. The fraction of sp³-hybridized carbons (Fsp3) is 0.300. The third-order valence-electron chi connectivity index (χ3n) is 2.32. The van der Waals surface area contributed by atoms with Gasteiger partial charge in [0, 0.05) is 5.56 Å². The second-order valence-corrected chi connectivity index (χ2v) is 7.15. The van der Waals surface area contributed by atoms with E-state index in [0.29, 0.717) is 5.56 Å². The van der Waals surface area contributed by atoms with Crippen LogP contribution < -0.4 is 4.72 Å². The lowest BCUT2D eigenvalue weighted by atomic mass is 10.2. The SMILES string of the molecule is CS(=O)(=O)OCCN=C1NS(=O)(=O)c2ccccc21. The zero-order chi connectivity index (χ0) is 14.1. The highest BCUT2D eigenvalue weighted by atomic mass is 32.2. The van der Waals surface area contributed by atoms with Crippen molar-refractivity contribution in [1.29, 1.82) is 0 Å². The van der Waals surface area contributed by atoms with Gasteiger partial charge in [0.25, 0.3) is 20.1 Å². The number of nitrogens with zero attached hydrogens (tertiary/aromatic N) is 1. The lowest BCUT2D eigenvalue weighted by Crippen LogP contribution is -2.23. The Hall–Kier alpha value is -1.45. The molecule has 19 heavy (non-hydrogen) atoms. The van der Waals surface area contributed by atoms with Gasteiger partial charge in [-0.1, -0.05) is 12.1 Å². The molecular formula is C10H12N2O5S2. The Balaban J connectivity index is 2.16. The molecule has 0 unspecified atom stereocenters. The van der Waals surface area contributed by atoms with Crippen molar-refractivity contribution in [1.82, 2.24) is 4.72 Å². The molecule has 0 spiro atoms. The van der Waals surface area contributed by atoms with Crippen LogP contribution in [0.25, 0.3) is 0 Å². The second kappa shape index (κ2) is 4.91. The first-order chi connectivity index (χ1) is 8.80. The first-order valence-electron chi connectivity index (χ1n) is 5.31. The van der Waals surface area contributed by atoms with Gasteiger partial charge in [0.1, 0.15) is 5.84 Å². The summed E-state index contributed by atoms with van der Waals surface area (Å²) < 4.78 is 51.8.